The van der Waals surface area contributed by atoms with Gasteiger partial charge in [-0.2, -0.15) is 0 Å². The first-order valence-corrected chi connectivity index (χ1v) is 17.3. The molecule has 20 nitrogen and oxygen atoms in total. The first-order valence-electron chi connectivity index (χ1n) is 11.5. The third-order valence-electron chi connectivity index (χ3n) is 5.45. The Bertz CT molecular complexity index is 1410. The average Bonchev–Trinajstić information content (AvgIpc) is 2.88. The Morgan fingerprint density at radius 2 is 0.577 bits per heavy atom. The second kappa shape index (κ2) is 30.8. The van der Waals surface area contributed by atoms with E-state index in [-0.39, 0.29) is 248 Å². The summed E-state index contributed by atoms with van der Waals surface area (Å²) in [6, 6.07) is 12.3. The topological polar surface area (TPSA) is 342 Å². The van der Waals surface area contributed by atoms with Gasteiger partial charge in [-0.15, -0.1) is 0 Å². The van der Waals surface area contributed by atoms with Crippen molar-refractivity contribution >= 4 is 43.2 Å². The van der Waals surface area contributed by atoms with E-state index < -0.39 is 79.9 Å². The molecule has 32 heteroatoms. The summed E-state index contributed by atoms with van der Waals surface area (Å²) in [5.41, 5.74) is -0.749. The van der Waals surface area contributed by atoms with Crippen molar-refractivity contribution < 1.29 is 331 Å². The molecule has 1 aliphatic carbocycles. The van der Waals surface area contributed by atoms with Gasteiger partial charge in [0.1, 0.15) is 24.4 Å². The van der Waals surface area contributed by atoms with Crippen molar-refractivity contribution in [1.82, 2.24) is 0 Å². The summed E-state index contributed by atoms with van der Waals surface area (Å²) in [4.78, 5) is 119. The van der Waals surface area contributed by atoms with Gasteiger partial charge >= 0.3 is 248 Å². The molecule has 1 fully saturated rings. The molecule has 3 rings (SSSR count). The van der Waals surface area contributed by atoms with E-state index >= 15 is 0 Å². The first-order chi connectivity index (χ1) is 20.1. The third kappa shape index (κ3) is 25.1. The normalized spacial score (nSPS) is 21.0. The fourth-order valence-corrected chi connectivity index (χ4v) is 6.15. The van der Waals surface area contributed by atoms with Crippen LogP contribution >= 0.6 is 31.3 Å². The number of hydrogen-bond acceptors (Lipinski definition) is 20. The van der Waals surface area contributed by atoms with Gasteiger partial charge in [0.2, 0.25) is 0 Å². The van der Waals surface area contributed by atoms with Gasteiger partial charge in [0.25, 0.3) is 0 Å². The second-order valence-electron chi connectivity index (χ2n) is 8.54. The average molecular weight is 884 g/mol. The van der Waals surface area contributed by atoms with E-state index in [9.17, 15) is 67.0 Å². The van der Waals surface area contributed by atoms with Crippen molar-refractivity contribution in [3.05, 3.63) is 71.8 Å². The Morgan fingerprint density at radius 1 is 0.385 bits per heavy atom. The molecule has 0 unspecified atom stereocenters. The number of carbonyl (C=O) groups excluding carboxylic acids is 2. The van der Waals surface area contributed by atoms with E-state index in [4.69, 9.17) is 9.47 Å². The van der Waals surface area contributed by atoms with E-state index in [0.29, 0.717) is 0 Å². The molecule has 244 valence electrons. The summed E-state index contributed by atoms with van der Waals surface area (Å²) < 4.78 is 73.3. The van der Waals surface area contributed by atoms with Gasteiger partial charge in [0.15, 0.2) is 12.2 Å². The summed E-state index contributed by atoms with van der Waals surface area (Å²) in [6.45, 7) is 0. The minimum Gasteiger partial charge on any atom is -0.790 e. The number of phosphoric ester groups is 4. The molecule has 2 aromatic carbocycles. The maximum Gasteiger partial charge on any atom is 1.00 e. The van der Waals surface area contributed by atoms with Gasteiger partial charge in [0, 0.05) is 0 Å². The Hall–Kier alpha value is 5.82. The van der Waals surface area contributed by atoms with Crippen molar-refractivity contribution in [3.8, 4) is 0 Å². The molecular formula is C20H16Na8O20P4. The van der Waals surface area contributed by atoms with Gasteiger partial charge in [0.05, 0.1) is 42.4 Å². The van der Waals surface area contributed by atoms with Crippen LogP contribution in [0.2, 0.25) is 0 Å². The van der Waals surface area contributed by atoms with Crippen molar-refractivity contribution in [1.29, 1.82) is 0 Å². The zero-order valence-corrected chi connectivity index (χ0v) is 48.8. The molecule has 0 bridgehead atoms. The summed E-state index contributed by atoms with van der Waals surface area (Å²) in [5.74, 6) is -3.02. The van der Waals surface area contributed by atoms with Crippen molar-refractivity contribution in [3.63, 3.8) is 0 Å². The fraction of sp³-hybridized carbons (Fsp3) is 0.300. The minimum absolute atomic E-state index is 0. The molecule has 2 aromatic rings. The molecule has 0 radical (unpaired) electrons. The van der Waals surface area contributed by atoms with Crippen LogP contribution in [0, 0.1) is 0 Å². The quantitative estimate of drug-likeness (QED) is 0.108. The van der Waals surface area contributed by atoms with E-state index in [2.05, 4.69) is 18.1 Å². The molecule has 0 amide bonds. The Kier molecular flexibility index (Phi) is 41.2. The van der Waals surface area contributed by atoms with Crippen molar-refractivity contribution in [2.24, 2.45) is 0 Å². The molecular weight excluding hydrogens is 868 g/mol. The molecule has 0 aromatic heterocycles. The summed E-state index contributed by atoms with van der Waals surface area (Å²) >= 11 is 0. The van der Waals surface area contributed by atoms with Crippen LogP contribution in [0.5, 0.6) is 0 Å². The predicted octanol–water partition coefficient (Wildman–Crippen LogP) is -28.7. The second-order valence-corrected chi connectivity index (χ2v) is 13.0. The third-order valence-corrected chi connectivity index (χ3v) is 7.46. The van der Waals surface area contributed by atoms with Crippen LogP contribution in [0.4, 0.5) is 0 Å². The Labute approximate surface area is 473 Å². The van der Waals surface area contributed by atoms with Crippen LogP contribution < -0.4 is 276 Å². The number of hydrogen-bond donors (Lipinski definition) is 0. The number of rotatable bonds is 12. The molecule has 1 aliphatic rings. The fourth-order valence-electron chi connectivity index (χ4n) is 4.00. The van der Waals surface area contributed by atoms with Gasteiger partial charge in [-0.3, -0.25) is 0 Å². The summed E-state index contributed by atoms with van der Waals surface area (Å²) in [7, 11) is -25.9. The molecule has 52 heavy (non-hydrogen) atoms. The van der Waals surface area contributed by atoms with Crippen LogP contribution in [0.1, 0.15) is 20.7 Å². The molecule has 0 heterocycles. The van der Waals surface area contributed by atoms with Gasteiger partial charge in [-0.25, -0.2) is 9.59 Å². The zero-order chi connectivity index (χ0) is 33.1. The van der Waals surface area contributed by atoms with Crippen LogP contribution in [0.25, 0.3) is 0 Å². The number of phosphoric acid groups is 4. The van der Waals surface area contributed by atoms with E-state index in [0.717, 1.165) is 24.3 Å². The molecule has 0 spiro atoms. The maximum atomic E-state index is 13.0. The molecule has 6 atom stereocenters. The van der Waals surface area contributed by atoms with E-state index in [1.165, 1.54) is 36.4 Å². The molecule has 0 N–H and O–H groups in total. The van der Waals surface area contributed by atoms with Crippen LogP contribution in [0.15, 0.2) is 60.7 Å². The zero-order valence-electron chi connectivity index (χ0n) is 29.2. The van der Waals surface area contributed by atoms with E-state index in [1.807, 2.05) is 0 Å². The van der Waals surface area contributed by atoms with Gasteiger partial charge in [-0.05, 0) is 24.3 Å². The van der Waals surface area contributed by atoms with Crippen LogP contribution in [-0.2, 0) is 45.8 Å². The first kappa shape index (κ1) is 69.5. The maximum absolute atomic E-state index is 13.0. The van der Waals surface area contributed by atoms with Gasteiger partial charge in [-0.1, -0.05) is 36.4 Å². The predicted molar refractivity (Wildman–Crippen MR) is 121 cm³/mol. The monoisotopic (exact) mass is 884 g/mol. The van der Waals surface area contributed by atoms with Crippen LogP contribution in [0.3, 0.4) is 0 Å². The SMILES string of the molecule is O=C(O[C@H]1[C@H](OC(=O)c2ccccc2)[C@H](OP(=O)([O-])[O-])[C@H](OP(=O)([O-])[O-])[C@@H](OP(=O)([O-])[O-])[C@@H]1OP(=O)([O-])[O-])c1ccccc1.[Na+].[Na+].[Na+].[Na+].[Na+].[Na+].[Na+].[Na+]. The van der Waals surface area contributed by atoms with Crippen molar-refractivity contribution in [2.45, 2.75) is 36.6 Å². The summed E-state index contributed by atoms with van der Waals surface area (Å²) in [5, 5.41) is 0. The smallest absolute Gasteiger partial charge is 0.790 e. The molecule has 1 saturated carbocycles. The largest absolute Gasteiger partial charge is 1.00 e. The minimum atomic E-state index is -6.51. The van der Waals surface area contributed by atoms with Crippen molar-refractivity contribution in [2.75, 3.05) is 0 Å². The standard InChI is InChI=1S/C20H24O20P4.8Na/c21-19(11-7-3-1-4-8-11)35-13-14(36-20(22)12-9-5-2-6-10-12)16(38-42(26,27)28)18(40-44(32,33)34)17(39-43(29,30)31)15(13)37-41(23,24)25;;;;;;;;/h1-10,13-18H,(H2,23,24,25)(H2,26,27,28)(H2,29,30,31)(H2,32,33,34);;;;;;;;/q;8*+1/p-8/t13-,14-,15-,16+,17-,18-;;;;;;;;/m0......../s1. The Morgan fingerprint density at radius 3 is 0.769 bits per heavy atom. The summed E-state index contributed by atoms with van der Waals surface area (Å²) in [6.07, 6.45) is -18.1. The number of carbonyl (C=O) groups is 2. The number of ether oxygens (including phenoxy) is 2. The molecule has 0 saturated heterocycles. The number of benzene rings is 2. The molecule has 0 aliphatic heterocycles. The Balaban J connectivity index is -0.000000661. The van der Waals surface area contributed by atoms with Gasteiger partial charge < -0.3 is 85.0 Å². The van der Waals surface area contributed by atoms with Crippen LogP contribution in [-0.4, -0.2) is 48.6 Å². The number of esters is 2. The van der Waals surface area contributed by atoms with E-state index in [1.54, 1.807) is 0 Å².